The largest absolute Gasteiger partial charge is 0.489 e. The zero-order valence-corrected chi connectivity index (χ0v) is 17.7. The molecule has 1 aliphatic rings. The number of ether oxygens (including phenoxy) is 1. The summed E-state index contributed by atoms with van der Waals surface area (Å²) in [6.45, 7) is 4.62. The molecule has 3 aromatic carbocycles. The van der Waals surface area contributed by atoms with Crippen molar-refractivity contribution in [3.05, 3.63) is 100.0 Å². The maximum Gasteiger partial charge on any atom is 0.264 e. The van der Waals surface area contributed by atoms with Gasteiger partial charge in [-0.15, -0.1) is 0 Å². The van der Waals surface area contributed by atoms with Gasteiger partial charge in [0, 0.05) is 0 Å². The van der Waals surface area contributed by atoms with E-state index in [1.165, 1.54) is 22.9 Å². The van der Waals surface area contributed by atoms with Gasteiger partial charge in [0.1, 0.15) is 12.4 Å². The SMILES string of the molecule is Cc1ccc(COc2ccc(/C=C3\SC(=Nc4ccc(C)cc4)NC3=O)cc2)cc1. The third-order valence-corrected chi connectivity index (χ3v) is 5.53. The molecule has 0 saturated carbocycles. The Hall–Kier alpha value is -3.31. The molecule has 0 atom stereocenters. The molecule has 3 aromatic rings. The third-order valence-electron chi connectivity index (χ3n) is 4.62. The first-order valence-corrected chi connectivity index (χ1v) is 10.5. The fourth-order valence-electron chi connectivity index (χ4n) is 2.88. The van der Waals surface area contributed by atoms with E-state index in [1.807, 2.05) is 61.5 Å². The van der Waals surface area contributed by atoms with Gasteiger partial charge in [0.15, 0.2) is 5.17 Å². The van der Waals surface area contributed by atoms with Gasteiger partial charge in [-0.3, -0.25) is 4.79 Å². The van der Waals surface area contributed by atoms with Gasteiger partial charge in [-0.1, -0.05) is 59.7 Å². The van der Waals surface area contributed by atoms with Gasteiger partial charge in [0.05, 0.1) is 10.6 Å². The number of amides is 1. The van der Waals surface area contributed by atoms with Crippen LogP contribution in [-0.4, -0.2) is 11.1 Å². The van der Waals surface area contributed by atoms with E-state index in [0.717, 1.165) is 22.6 Å². The number of aliphatic imine (C=N–C) groups is 1. The Morgan fingerprint density at radius 1 is 0.900 bits per heavy atom. The monoisotopic (exact) mass is 414 g/mol. The average molecular weight is 415 g/mol. The van der Waals surface area contributed by atoms with Crippen LogP contribution in [0, 0.1) is 13.8 Å². The highest BCUT2D eigenvalue weighted by molar-refractivity contribution is 8.18. The number of hydrogen-bond acceptors (Lipinski definition) is 4. The first-order chi connectivity index (χ1) is 14.5. The van der Waals surface area contributed by atoms with E-state index in [2.05, 4.69) is 41.5 Å². The number of amidine groups is 1. The lowest BCUT2D eigenvalue weighted by molar-refractivity contribution is -0.115. The van der Waals surface area contributed by atoms with E-state index >= 15 is 0 Å². The Balaban J connectivity index is 1.39. The van der Waals surface area contributed by atoms with Gasteiger partial charge in [0.2, 0.25) is 0 Å². The minimum atomic E-state index is -0.134. The van der Waals surface area contributed by atoms with E-state index in [-0.39, 0.29) is 5.91 Å². The van der Waals surface area contributed by atoms with E-state index in [1.54, 1.807) is 0 Å². The van der Waals surface area contributed by atoms with Gasteiger partial charge in [0.25, 0.3) is 5.91 Å². The maximum atomic E-state index is 12.3. The van der Waals surface area contributed by atoms with Crippen LogP contribution in [0.5, 0.6) is 5.75 Å². The number of hydrogen-bond donors (Lipinski definition) is 1. The van der Waals surface area contributed by atoms with Gasteiger partial charge in [-0.25, -0.2) is 4.99 Å². The molecule has 1 aliphatic heterocycles. The Kier molecular flexibility index (Phi) is 6.00. The van der Waals surface area contributed by atoms with Crippen LogP contribution >= 0.6 is 11.8 Å². The number of benzene rings is 3. The maximum absolute atomic E-state index is 12.3. The van der Waals surface area contributed by atoms with Gasteiger partial charge < -0.3 is 10.1 Å². The van der Waals surface area contributed by atoms with Crippen LogP contribution < -0.4 is 10.1 Å². The van der Waals surface area contributed by atoms with Crippen molar-refractivity contribution in [1.29, 1.82) is 0 Å². The van der Waals surface area contributed by atoms with E-state index in [9.17, 15) is 4.79 Å². The van der Waals surface area contributed by atoms with Crippen molar-refractivity contribution >= 4 is 34.6 Å². The summed E-state index contributed by atoms with van der Waals surface area (Å²) in [5, 5.41) is 3.41. The highest BCUT2D eigenvalue weighted by Crippen LogP contribution is 2.28. The summed E-state index contributed by atoms with van der Waals surface area (Å²) in [6, 6.07) is 23.9. The molecular formula is C25H22N2O2S. The van der Waals surface area contributed by atoms with Crippen molar-refractivity contribution in [1.82, 2.24) is 5.32 Å². The second-order valence-corrected chi connectivity index (χ2v) is 8.19. The van der Waals surface area contributed by atoms with Crippen molar-refractivity contribution in [2.75, 3.05) is 0 Å². The van der Waals surface area contributed by atoms with Crippen LogP contribution in [0.15, 0.2) is 82.7 Å². The lowest BCUT2D eigenvalue weighted by atomic mass is 10.1. The van der Waals surface area contributed by atoms with Gasteiger partial charge in [-0.05, 0) is 67.1 Å². The summed E-state index contributed by atoms with van der Waals surface area (Å²) in [5.74, 6) is 0.661. The van der Waals surface area contributed by atoms with Crippen LogP contribution in [0.4, 0.5) is 5.69 Å². The number of thioether (sulfide) groups is 1. The first kappa shape index (κ1) is 20.0. The van der Waals surface area contributed by atoms with Crippen molar-refractivity contribution in [2.45, 2.75) is 20.5 Å². The van der Waals surface area contributed by atoms with Crippen LogP contribution in [-0.2, 0) is 11.4 Å². The number of nitrogens with one attached hydrogen (secondary N) is 1. The minimum Gasteiger partial charge on any atom is -0.489 e. The fraction of sp³-hybridized carbons (Fsp3) is 0.120. The topological polar surface area (TPSA) is 50.7 Å². The summed E-state index contributed by atoms with van der Waals surface area (Å²) in [6.07, 6.45) is 1.86. The Bertz CT molecular complexity index is 1100. The van der Waals surface area contributed by atoms with Crippen molar-refractivity contribution in [2.24, 2.45) is 4.99 Å². The molecule has 30 heavy (non-hydrogen) atoms. The average Bonchev–Trinajstić information content (AvgIpc) is 3.09. The quantitative estimate of drug-likeness (QED) is 0.539. The molecule has 1 N–H and O–H groups in total. The Labute approximate surface area is 180 Å². The zero-order valence-electron chi connectivity index (χ0n) is 16.9. The summed E-state index contributed by atoms with van der Waals surface area (Å²) < 4.78 is 5.85. The molecule has 1 heterocycles. The second-order valence-electron chi connectivity index (χ2n) is 7.16. The number of carbonyl (C=O) groups is 1. The van der Waals surface area contributed by atoms with Crippen molar-refractivity contribution in [3.63, 3.8) is 0 Å². The molecule has 5 heteroatoms. The Morgan fingerprint density at radius 2 is 1.53 bits per heavy atom. The zero-order chi connectivity index (χ0) is 20.9. The lowest BCUT2D eigenvalue weighted by Crippen LogP contribution is -2.19. The number of nitrogens with zero attached hydrogens (tertiary/aromatic N) is 1. The summed E-state index contributed by atoms with van der Waals surface area (Å²) in [7, 11) is 0. The minimum absolute atomic E-state index is 0.134. The molecule has 0 aliphatic carbocycles. The smallest absolute Gasteiger partial charge is 0.264 e. The molecule has 1 fully saturated rings. The predicted octanol–water partition coefficient (Wildman–Crippen LogP) is 5.77. The standard InChI is InChI=1S/C25H22N2O2S/c1-17-3-7-20(8-4-17)16-29-22-13-9-19(10-14-22)15-23-24(28)27-25(30-23)26-21-11-5-18(2)6-12-21/h3-15H,16H2,1-2H3,(H,26,27,28)/b23-15-. The number of rotatable bonds is 5. The molecule has 0 radical (unpaired) electrons. The molecule has 150 valence electrons. The molecule has 0 unspecified atom stereocenters. The fourth-order valence-corrected chi connectivity index (χ4v) is 3.72. The predicted molar refractivity (Wildman–Crippen MR) is 124 cm³/mol. The van der Waals surface area contributed by atoms with Crippen LogP contribution in [0.2, 0.25) is 0 Å². The second kappa shape index (κ2) is 9.01. The molecule has 1 amide bonds. The molecule has 0 spiro atoms. The molecule has 4 rings (SSSR count). The van der Waals surface area contributed by atoms with Crippen LogP contribution in [0.3, 0.4) is 0 Å². The van der Waals surface area contributed by atoms with E-state index in [4.69, 9.17) is 4.74 Å². The van der Waals surface area contributed by atoms with Crippen molar-refractivity contribution < 1.29 is 9.53 Å². The highest BCUT2D eigenvalue weighted by atomic mass is 32.2. The van der Waals surface area contributed by atoms with E-state index in [0.29, 0.717) is 16.7 Å². The van der Waals surface area contributed by atoms with Gasteiger partial charge in [-0.2, -0.15) is 0 Å². The third kappa shape index (κ3) is 5.19. The summed E-state index contributed by atoms with van der Waals surface area (Å²) in [5.41, 5.74) is 5.30. The molecule has 0 bridgehead atoms. The number of aryl methyl sites for hydroxylation is 2. The molecular weight excluding hydrogens is 392 g/mol. The lowest BCUT2D eigenvalue weighted by Gasteiger charge is -2.07. The summed E-state index contributed by atoms with van der Waals surface area (Å²) >= 11 is 1.34. The summed E-state index contributed by atoms with van der Waals surface area (Å²) in [4.78, 5) is 17.4. The Morgan fingerprint density at radius 3 is 2.20 bits per heavy atom. The van der Waals surface area contributed by atoms with Crippen LogP contribution in [0.25, 0.3) is 6.08 Å². The molecule has 0 aromatic heterocycles. The van der Waals surface area contributed by atoms with Crippen LogP contribution in [0.1, 0.15) is 22.3 Å². The van der Waals surface area contributed by atoms with E-state index < -0.39 is 0 Å². The molecule has 1 saturated heterocycles. The van der Waals surface area contributed by atoms with Gasteiger partial charge >= 0.3 is 0 Å². The number of carbonyl (C=O) groups excluding carboxylic acids is 1. The normalized spacial score (nSPS) is 16.1. The molecule has 4 nitrogen and oxygen atoms in total. The van der Waals surface area contributed by atoms with Crippen molar-refractivity contribution in [3.8, 4) is 5.75 Å². The first-order valence-electron chi connectivity index (χ1n) is 9.70. The highest BCUT2D eigenvalue weighted by Gasteiger charge is 2.23.